The Morgan fingerprint density at radius 3 is 2.65 bits per heavy atom. The first kappa shape index (κ1) is 14.4. The van der Waals surface area contributed by atoms with Crippen LogP contribution in [0.15, 0.2) is 46.9 Å². The fourth-order valence-corrected chi connectivity index (χ4v) is 2.05. The van der Waals surface area contributed by atoms with Crippen LogP contribution in [0.5, 0.6) is 5.75 Å². The molecule has 2 aromatic carbocycles. The van der Waals surface area contributed by atoms with Crippen LogP contribution in [-0.4, -0.2) is 20.1 Å². The number of carbonyl (C=O) groups is 1. The molecule has 20 heavy (non-hydrogen) atoms. The van der Waals surface area contributed by atoms with Gasteiger partial charge in [0.2, 0.25) is 0 Å². The molecule has 0 aliphatic rings. The fraction of sp³-hybridized carbons (Fsp3) is 0.133. The third kappa shape index (κ3) is 2.93. The van der Waals surface area contributed by atoms with Crippen LogP contribution in [0.2, 0.25) is 0 Å². The van der Waals surface area contributed by atoms with Crippen molar-refractivity contribution < 1.29 is 9.53 Å². The lowest BCUT2D eigenvalue weighted by Gasteiger charge is -2.18. The maximum Gasteiger partial charge on any atom is 0.258 e. The molecule has 0 saturated carbocycles. The predicted molar refractivity (Wildman–Crippen MR) is 84.3 cm³/mol. The molecule has 5 heteroatoms. The smallest absolute Gasteiger partial charge is 0.258 e. The number of methoxy groups -OCH3 is 1. The van der Waals surface area contributed by atoms with Gasteiger partial charge in [-0.2, -0.15) is 0 Å². The normalized spacial score (nSPS) is 10.2. The van der Waals surface area contributed by atoms with E-state index >= 15 is 0 Å². The highest BCUT2D eigenvalue weighted by Crippen LogP contribution is 2.24. The predicted octanol–water partition coefficient (Wildman–Crippen LogP) is 3.32. The summed E-state index contributed by atoms with van der Waals surface area (Å²) >= 11 is 3.31. The first-order valence-electron chi connectivity index (χ1n) is 6.00. The summed E-state index contributed by atoms with van der Waals surface area (Å²) in [6, 6.07) is 12.5. The van der Waals surface area contributed by atoms with Crippen LogP contribution in [0.4, 0.5) is 11.4 Å². The van der Waals surface area contributed by atoms with Gasteiger partial charge in [-0.15, -0.1) is 0 Å². The minimum atomic E-state index is -0.127. The number of carbonyl (C=O) groups excluding carboxylic acids is 1. The number of hydrogen-bond acceptors (Lipinski definition) is 3. The van der Waals surface area contributed by atoms with Crippen molar-refractivity contribution in [2.24, 2.45) is 0 Å². The minimum Gasteiger partial charge on any atom is -0.497 e. The Labute approximate surface area is 126 Å². The zero-order chi connectivity index (χ0) is 14.7. The number of halogens is 1. The van der Waals surface area contributed by atoms with Crippen LogP contribution in [0, 0.1) is 0 Å². The van der Waals surface area contributed by atoms with Gasteiger partial charge in [-0.05, 0) is 46.3 Å². The number of anilines is 2. The van der Waals surface area contributed by atoms with E-state index in [2.05, 4.69) is 15.9 Å². The van der Waals surface area contributed by atoms with E-state index in [1.165, 1.54) is 0 Å². The number of benzene rings is 2. The van der Waals surface area contributed by atoms with Gasteiger partial charge >= 0.3 is 0 Å². The third-order valence-corrected chi connectivity index (χ3v) is 3.71. The highest BCUT2D eigenvalue weighted by atomic mass is 79.9. The SMILES string of the molecule is COc1cccc(N(C)C(=O)c2ccc(Br)c(N)c2)c1. The van der Waals surface area contributed by atoms with Gasteiger partial charge in [-0.25, -0.2) is 0 Å². The summed E-state index contributed by atoms with van der Waals surface area (Å²) < 4.78 is 5.94. The van der Waals surface area contributed by atoms with Gasteiger partial charge in [0.25, 0.3) is 5.91 Å². The molecule has 2 aromatic rings. The molecule has 0 saturated heterocycles. The van der Waals surface area contributed by atoms with E-state index in [9.17, 15) is 4.79 Å². The molecule has 2 rings (SSSR count). The molecule has 104 valence electrons. The van der Waals surface area contributed by atoms with Crippen molar-refractivity contribution >= 4 is 33.2 Å². The summed E-state index contributed by atoms with van der Waals surface area (Å²) in [4.78, 5) is 14.0. The third-order valence-electron chi connectivity index (χ3n) is 2.99. The van der Waals surface area contributed by atoms with E-state index in [0.29, 0.717) is 17.0 Å². The average molecular weight is 335 g/mol. The van der Waals surface area contributed by atoms with Gasteiger partial charge in [-0.3, -0.25) is 4.79 Å². The molecule has 0 unspecified atom stereocenters. The number of ether oxygens (including phenoxy) is 1. The van der Waals surface area contributed by atoms with E-state index in [4.69, 9.17) is 10.5 Å². The highest BCUT2D eigenvalue weighted by molar-refractivity contribution is 9.10. The second-order valence-electron chi connectivity index (χ2n) is 4.30. The molecule has 0 bridgehead atoms. The van der Waals surface area contributed by atoms with Gasteiger partial charge in [-0.1, -0.05) is 6.07 Å². The number of hydrogen-bond donors (Lipinski definition) is 1. The van der Waals surface area contributed by atoms with E-state index in [0.717, 1.165) is 10.2 Å². The van der Waals surface area contributed by atoms with Crippen molar-refractivity contribution in [1.82, 2.24) is 0 Å². The quantitative estimate of drug-likeness (QED) is 0.876. The summed E-state index contributed by atoms with van der Waals surface area (Å²) in [6.07, 6.45) is 0. The molecular weight excluding hydrogens is 320 g/mol. The number of nitrogens with two attached hydrogens (primary N) is 1. The minimum absolute atomic E-state index is 0.127. The zero-order valence-corrected chi connectivity index (χ0v) is 12.8. The van der Waals surface area contributed by atoms with Gasteiger partial charge < -0.3 is 15.4 Å². The van der Waals surface area contributed by atoms with Crippen LogP contribution < -0.4 is 15.4 Å². The van der Waals surface area contributed by atoms with E-state index in [1.54, 1.807) is 43.3 Å². The monoisotopic (exact) mass is 334 g/mol. The molecule has 0 fully saturated rings. The van der Waals surface area contributed by atoms with Crippen LogP contribution >= 0.6 is 15.9 Å². The molecule has 0 aromatic heterocycles. The molecule has 0 atom stereocenters. The van der Waals surface area contributed by atoms with Crippen LogP contribution in [0.1, 0.15) is 10.4 Å². The maximum absolute atomic E-state index is 12.4. The maximum atomic E-state index is 12.4. The molecule has 1 amide bonds. The fourth-order valence-electron chi connectivity index (χ4n) is 1.81. The lowest BCUT2D eigenvalue weighted by molar-refractivity contribution is 0.0993. The molecule has 0 aliphatic heterocycles. The molecule has 0 radical (unpaired) electrons. The Hall–Kier alpha value is -2.01. The first-order valence-corrected chi connectivity index (χ1v) is 6.79. The molecular formula is C15H15BrN2O2. The summed E-state index contributed by atoms with van der Waals surface area (Å²) in [5.74, 6) is 0.579. The Bertz CT molecular complexity index is 644. The Balaban J connectivity index is 2.29. The zero-order valence-electron chi connectivity index (χ0n) is 11.3. The van der Waals surface area contributed by atoms with Crippen LogP contribution in [0.3, 0.4) is 0 Å². The van der Waals surface area contributed by atoms with Crippen molar-refractivity contribution in [2.45, 2.75) is 0 Å². The lowest BCUT2D eigenvalue weighted by atomic mass is 10.1. The Morgan fingerprint density at radius 1 is 1.25 bits per heavy atom. The van der Waals surface area contributed by atoms with Crippen molar-refractivity contribution in [1.29, 1.82) is 0 Å². The number of nitrogens with zero attached hydrogens (tertiary/aromatic N) is 1. The summed E-state index contributed by atoms with van der Waals surface area (Å²) in [7, 11) is 3.31. The summed E-state index contributed by atoms with van der Waals surface area (Å²) in [5.41, 5.74) is 7.64. The highest BCUT2D eigenvalue weighted by Gasteiger charge is 2.14. The Kier molecular flexibility index (Phi) is 4.29. The van der Waals surface area contributed by atoms with Crippen molar-refractivity contribution in [3.8, 4) is 5.75 Å². The van der Waals surface area contributed by atoms with E-state index < -0.39 is 0 Å². The molecule has 0 heterocycles. The topological polar surface area (TPSA) is 55.6 Å². The molecule has 0 aliphatic carbocycles. The molecule has 4 nitrogen and oxygen atoms in total. The number of amides is 1. The second-order valence-corrected chi connectivity index (χ2v) is 5.16. The van der Waals surface area contributed by atoms with Gasteiger partial charge in [0, 0.05) is 34.5 Å². The number of rotatable bonds is 3. The summed E-state index contributed by atoms with van der Waals surface area (Å²) in [6.45, 7) is 0. The number of nitrogen functional groups attached to an aromatic ring is 1. The van der Waals surface area contributed by atoms with E-state index in [-0.39, 0.29) is 5.91 Å². The van der Waals surface area contributed by atoms with Crippen LogP contribution in [0.25, 0.3) is 0 Å². The van der Waals surface area contributed by atoms with Crippen molar-refractivity contribution in [2.75, 3.05) is 24.8 Å². The van der Waals surface area contributed by atoms with Crippen LogP contribution in [-0.2, 0) is 0 Å². The largest absolute Gasteiger partial charge is 0.497 e. The van der Waals surface area contributed by atoms with E-state index in [1.807, 2.05) is 18.2 Å². The van der Waals surface area contributed by atoms with Gasteiger partial charge in [0.15, 0.2) is 0 Å². The van der Waals surface area contributed by atoms with Crippen molar-refractivity contribution in [3.63, 3.8) is 0 Å². The lowest BCUT2D eigenvalue weighted by Crippen LogP contribution is -2.26. The standard InChI is InChI=1S/C15H15BrN2O2/c1-18(11-4-3-5-12(9-11)20-2)15(19)10-6-7-13(16)14(17)8-10/h3-9H,17H2,1-2H3. The first-order chi connectivity index (χ1) is 9.52. The molecule has 2 N–H and O–H groups in total. The Morgan fingerprint density at radius 2 is 2.00 bits per heavy atom. The summed E-state index contributed by atoms with van der Waals surface area (Å²) in [5, 5.41) is 0. The van der Waals surface area contributed by atoms with Gasteiger partial charge in [0.1, 0.15) is 5.75 Å². The average Bonchev–Trinajstić information content (AvgIpc) is 2.48. The van der Waals surface area contributed by atoms with Gasteiger partial charge in [0.05, 0.1) is 7.11 Å². The molecule has 0 spiro atoms. The van der Waals surface area contributed by atoms with Crippen molar-refractivity contribution in [3.05, 3.63) is 52.5 Å². The second kappa shape index (κ2) is 5.96.